The number of carbonyl (C=O) groups excluding carboxylic acids is 1. The lowest BCUT2D eigenvalue weighted by atomic mass is 10.2. The van der Waals surface area contributed by atoms with E-state index in [0.717, 1.165) is 5.56 Å². The van der Waals surface area contributed by atoms with E-state index in [-0.39, 0.29) is 24.1 Å². The number of amides is 1. The number of likely N-dealkylation sites (N-methyl/N-ethyl adjacent to an activating group) is 1. The SMILES string of the molecule is CCOc1cc(C=NNC(=O)C[N+](C)(C)C)ccc1O.[Cl-]. The molecule has 0 heterocycles. The van der Waals surface area contributed by atoms with Crippen LogP contribution in [0.1, 0.15) is 12.5 Å². The van der Waals surface area contributed by atoms with Gasteiger partial charge < -0.3 is 26.7 Å². The normalized spacial score (nSPS) is 11.0. The lowest BCUT2D eigenvalue weighted by molar-refractivity contribution is -0.862. The van der Waals surface area contributed by atoms with Crippen molar-refractivity contribution in [1.29, 1.82) is 0 Å². The van der Waals surface area contributed by atoms with Crippen molar-refractivity contribution in [3.05, 3.63) is 23.8 Å². The molecule has 1 amide bonds. The second-order valence-electron chi connectivity index (χ2n) is 5.40. The van der Waals surface area contributed by atoms with Crippen LogP contribution in [0.3, 0.4) is 0 Å². The van der Waals surface area contributed by atoms with Crippen LogP contribution >= 0.6 is 0 Å². The van der Waals surface area contributed by atoms with Gasteiger partial charge in [-0.25, -0.2) is 5.43 Å². The van der Waals surface area contributed by atoms with E-state index in [1.807, 2.05) is 28.1 Å². The molecule has 2 N–H and O–H groups in total. The standard InChI is InChI=1S/C14H21N3O3.ClH/c1-5-20-13-8-11(6-7-12(13)18)9-15-16-14(19)10-17(2,3)4;/h6-9H,5,10H2,1-4H3,(H-,15,16,18,19);1H. The Morgan fingerprint density at radius 3 is 2.67 bits per heavy atom. The first-order valence-electron chi connectivity index (χ1n) is 6.40. The van der Waals surface area contributed by atoms with Gasteiger partial charge in [-0.15, -0.1) is 0 Å². The molecule has 0 aliphatic carbocycles. The summed E-state index contributed by atoms with van der Waals surface area (Å²) in [5.41, 5.74) is 3.20. The van der Waals surface area contributed by atoms with Gasteiger partial charge in [0, 0.05) is 0 Å². The minimum atomic E-state index is -0.155. The Kier molecular flexibility index (Phi) is 7.76. The molecule has 0 bridgehead atoms. The Morgan fingerprint density at radius 1 is 1.43 bits per heavy atom. The van der Waals surface area contributed by atoms with E-state index in [2.05, 4.69) is 10.5 Å². The molecule has 0 aliphatic rings. The molecule has 0 radical (unpaired) electrons. The summed E-state index contributed by atoms with van der Waals surface area (Å²) in [7, 11) is 5.78. The van der Waals surface area contributed by atoms with Gasteiger partial charge in [-0.1, -0.05) is 0 Å². The highest BCUT2D eigenvalue weighted by molar-refractivity contribution is 5.83. The average Bonchev–Trinajstić information content (AvgIpc) is 2.31. The van der Waals surface area contributed by atoms with Gasteiger partial charge in [0.2, 0.25) is 0 Å². The highest BCUT2D eigenvalue weighted by atomic mass is 35.5. The molecule has 1 rings (SSSR count). The number of nitrogens with one attached hydrogen (secondary N) is 1. The molecule has 0 aromatic heterocycles. The minimum Gasteiger partial charge on any atom is -1.00 e. The molecule has 118 valence electrons. The molecule has 0 unspecified atom stereocenters. The first-order chi connectivity index (χ1) is 9.31. The predicted molar refractivity (Wildman–Crippen MR) is 77.9 cm³/mol. The molecule has 1 aromatic carbocycles. The maximum absolute atomic E-state index is 11.6. The van der Waals surface area contributed by atoms with Crippen molar-refractivity contribution in [1.82, 2.24) is 5.43 Å². The summed E-state index contributed by atoms with van der Waals surface area (Å²) in [5, 5.41) is 13.5. The number of nitrogens with zero attached hydrogens (tertiary/aromatic N) is 2. The summed E-state index contributed by atoms with van der Waals surface area (Å²) >= 11 is 0. The van der Waals surface area contributed by atoms with Crippen molar-refractivity contribution in [3.8, 4) is 11.5 Å². The van der Waals surface area contributed by atoms with Gasteiger partial charge in [0.1, 0.15) is 0 Å². The molecule has 0 saturated heterocycles. The molecule has 0 spiro atoms. The molecule has 7 heteroatoms. The van der Waals surface area contributed by atoms with E-state index in [1.165, 1.54) is 12.3 Å². The average molecular weight is 316 g/mol. The first kappa shape index (κ1) is 19.2. The second-order valence-corrected chi connectivity index (χ2v) is 5.40. The minimum absolute atomic E-state index is 0. The van der Waals surface area contributed by atoms with Crippen molar-refractivity contribution in [2.75, 3.05) is 34.3 Å². The van der Waals surface area contributed by atoms with E-state index in [0.29, 0.717) is 23.4 Å². The van der Waals surface area contributed by atoms with Gasteiger partial charge in [-0.2, -0.15) is 5.10 Å². The number of hydrogen-bond donors (Lipinski definition) is 2. The Balaban J connectivity index is 0.00000400. The summed E-state index contributed by atoms with van der Waals surface area (Å²) in [5.74, 6) is 0.324. The van der Waals surface area contributed by atoms with Crippen molar-refractivity contribution in [2.24, 2.45) is 5.10 Å². The van der Waals surface area contributed by atoms with Crippen molar-refractivity contribution in [2.45, 2.75) is 6.92 Å². The van der Waals surface area contributed by atoms with Gasteiger partial charge in [0.05, 0.1) is 34.0 Å². The number of ether oxygens (including phenoxy) is 1. The van der Waals surface area contributed by atoms with E-state index in [9.17, 15) is 9.90 Å². The third kappa shape index (κ3) is 7.53. The molecular formula is C14H22ClN3O3. The van der Waals surface area contributed by atoms with Crippen LogP contribution in [0.2, 0.25) is 0 Å². The van der Waals surface area contributed by atoms with E-state index < -0.39 is 0 Å². The summed E-state index contributed by atoms with van der Waals surface area (Å²) in [6.45, 7) is 2.65. The van der Waals surface area contributed by atoms with E-state index in [1.54, 1.807) is 12.1 Å². The lowest BCUT2D eigenvalue weighted by Crippen LogP contribution is -3.00. The molecular weight excluding hydrogens is 294 g/mol. The number of carbonyl (C=O) groups is 1. The molecule has 1 aromatic rings. The summed E-state index contributed by atoms with van der Waals surface area (Å²) < 4.78 is 5.81. The highest BCUT2D eigenvalue weighted by Gasteiger charge is 2.13. The van der Waals surface area contributed by atoms with Gasteiger partial charge in [0.25, 0.3) is 5.91 Å². The maximum atomic E-state index is 11.6. The topological polar surface area (TPSA) is 70.9 Å². The third-order valence-electron chi connectivity index (χ3n) is 2.30. The zero-order valence-corrected chi connectivity index (χ0v) is 13.5. The van der Waals surface area contributed by atoms with Crippen molar-refractivity contribution >= 4 is 12.1 Å². The number of hydrazone groups is 1. The third-order valence-corrected chi connectivity index (χ3v) is 2.30. The zero-order valence-electron chi connectivity index (χ0n) is 12.8. The molecule has 0 aliphatic heterocycles. The van der Waals surface area contributed by atoms with Crippen LogP contribution in [0.15, 0.2) is 23.3 Å². The zero-order chi connectivity index (χ0) is 15.2. The monoisotopic (exact) mass is 315 g/mol. The Hall–Kier alpha value is -1.79. The van der Waals surface area contributed by atoms with Crippen LogP contribution in [0.25, 0.3) is 0 Å². The quantitative estimate of drug-likeness (QED) is 0.361. The van der Waals surface area contributed by atoms with Crippen LogP contribution < -0.4 is 22.6 Å². The maximum Gasteiger partial charge on any atom is 0.295 e. The first-order valence-corrected chi connectivity index (χ1v) is 6.40. The Morgan fingerprint density at radius 2 is 2.10 bits per heavy atom. The second kappa shape index (κ2) is 8.49. The number of aromatic hydroxyl groups is 1. The smallest absolute Gasteiger partial charge is 0.295 e. The predicted octanol–water partition coefficient (Wildman–Crippen LogP) is -2.05. The molecule has 21 heavy (non-hydrogen) atoms. The molecule has 0 fully saturated rings. The van der Waals surface area contributed by atoms with Crippen molar-refractivity contribution in [3.63, 3.8) is 0 Å². The number of rotatable bonds is 6. The highest BCUT2D eigenvalue weighted by Crippen LogP contribution is 2.26. The number of hydrogen-bond acceptors (Lipinski definition) is 4. The van der Waals surface area contributed by atoms with E-state index >= 15 is 0 Å². The van der Waals surface area contributed by atoms with Crippen molar-refractivity contribution < 1.29 is 31.5 Å². The van der Waals surface area contributed by atoms with Crippen LogP contribution in [0, 0.1) is 0 Å². The van der Waals surface area contributed by atoms with Crippen LogP contribution in [-0.2, 0) is 4.79 Å². The fraction of sp³-hybridized carbons (Fsp3) is 0.429. The molecule has 0 saturated carbocycles. The van der Waals surface area contributed by atoms with Crippen LogP contribution in [0.4, 0.5) is 0 Å². The van der Waals surface area contributed by atoms with Gasteiger partial charge in [-0.3, -0.25) is 4.79 Å². The lowest BCUT2D eigenvalue weighted by Gasteiger charge is -2.21. The van der Waals surface area contributed by atoms with Crippen LogP contribution in [0.5, 0.6) is 11.5 Å². The largest absolute Gasteiger partial charge is 1.00 e. The number of phenols is 1. The number of halogens is 1. The van der Waals surface area contributed by atoms with Gasteiger partial charge >= 0.3 is 0 Å². The molecule has 0 atom stereocenters. The number of quaternary nitrogens is 1. The summed E-state index contributed by atoms with van der Waals surface area (Å²) in [6, 6.07) is 4.88. The molecule has 6 nitrogen and oxygen atoms in total. The fourth-order valence-electron chi connectivity index (χ4n) is 1.53. The Labute approximate surface area is 131 Å². The van der Waals surface area contributed by atoms with Gasteiger partial charge in [-0.05, 0) is 30.7 Å². The van der Waals surface area contributed by atoms with Gasteiger partial charge in [0.15, 0.2) is 18.0 Å². The number of benzene rings is 1. The Bertz CT molecular complexity index is 499. The number of phenolic OH excluding ortho intramolecular Hbond substituents is 1. The van der Waals surface area contributed by atoms with Crippen LogP contribution in [-0.4, -0.2) is 56.0 Å². The van der Waals surface area contributed by atoms with E-state index in [4.69, 9.17) is 4.74 Å². The summed E-state index contributed by atoms with van der Waals surface area (Å²) in [4.78, 5) is 11.6. The fourth-order valence-corrected chi connectivity index (χ4v) is 1.53. The summed E-state index contributed by atoms with van der Waals surface area (Å²) in [6.07, 6.45) is 1.51.